The molecular weight excluding hydrogens is 216 g/mol. The summed E-state index contributed by atoms with van der Waals surface area (Å²) >= 11 is 0. The fourth-order valence-corrected chi connectivity index (χ4v) is 1.60. The van der Waals surface area contributed by atoms with Gasteiger partial charge in [-0.05, 0) is 20.3 Å². The Hall–Kier alpha value is -1.85. The van der Waals surface area contributed by atoms with Crippen molar-refractivity contribution >= 4 is 22.9 Å². The Kier molecular flexibility index (Phi) is 2.65. The van der Waals surface area contributed by atoms with E-state index in [1.807, 2.05) is 7.05 Å². The molecule has 0 aliphatic carbocycles. The number of nitrogen functional groups attached to an aromatic ring is 1. The van der Waals surface area contributed by atoms with Crippen molar-refractivity contribution in [2.75, 3.05) is 17.7 Å². The van der Waals surface area contributed by atoms with Crippen LogP contribution in [-0.4, -0.2) is 32.5 Å². The average molecular weight is 234 g/mol. The van der Waals surface area contributed by atoms with Gasteiger partial charge in [0.2, 0.25) is 5.95 Å². The summed E-state index contributed by atoms with van der Waals surface area (Å²) < 4.78 is 0. The zero-order valence-electron chi connectivity index (χ0n) is 10.7. The predicted molar refractivity (Wildman–Crippen MR) is 68.9 cm³/mol. The molecule has 0 bridgehead atoms. The van der Waals surface area contributed by atoms with Crippen molar-refractivity contribution in [3.63, 3.8) is 0 Å². The number of hydrogen-bond acceptors (Lipinski definition) is 5. The molecule has 0 fully saturated rings. The summed E-state index contributed by atoms with van der Waals surface area (Å²) in [4.78, 5) is 17.7. The van der Waals surface area contributed by atoms with Gasteiger partial charge in [0.05, 0.1) is 6.33 Å². The first-order valence-corrected chi connectivity index (χ1v) is 5.66. The lowest BCUT2D eigenvalue weighted by molar-refractivity contribution is 0.468. The molecule has 0 saturated carbocycles. The first kappa shape index (κ1) is 11.6. The molecule has 17 heavy (non-hydrogen) atoms. The van der Waals surface area contributed by atoms with Crippen molar-refractivity contribution in [3.05, 3.63) is 6.33 Å². The highest BCUT2D eigenvalue weighted by molar-refractivity contribution is 5.84. The number of aromatic amines is 1. The molecule has 0 aliphatic heterocycles. The number of anilines is 2. The lowest BCUT2D eigenvalue weighted by Gasteiger charge is -2.35. The molecule has 3 N–H and O–H groups in total. The van der Waals surface area contributed by atoms with Crippen LogP contribution in [0.15, 0.2) is 6.33 Å². The number of rotatable bonds is 3. The van der Waals surface area contributed by atoms with E-state index in [4.69, 9.17) is 5.73 Å². The quantitative estimate of drug-likeness (QED) is 0.842. The van der Waals surface area contributed by atoms with Crippen LogP contribution in [0.1, 0.15) is 27.2 Å². The molecule has 6 heteroatoms. The van der Waals surface area contributed by atoms with Gasteiger partial charge in [0.15, 0.2) is 11.5 Å². The van der Waals surface area contributed by atoms with Gasteiger partial charge < -0.3 is 15.6 Å². The van der Waals surface area contributed by atoms with Crippen molar-refractivity contribution in [1.82, 2.24) is 19.9 Å². The number of fused-ring (bicyclic) bond motifs is 1. The van der Waals surface area contributed by atoms with Crippen molar-refractivity contribution in [3.8, 4) is 0 Å². The molecule has 2 aromatic rings. The third-order valence-corrected chi connectivity index (χ3v) is 3.37. The third kappa shape index (κ3) is 1.90. The van der Waals surface area contributed by atoms with E-state index < -0.39 is 0 Å². The minimum absolute atomic E-state index is 0.00116. The Morgan fingerprint density at radius 3 is 2.76 bits per heavy atom. The van der Waals surface area contributed by atoms with Gasteiger partial charge in [0.25, 0.3) is 0 Å². The largest absolute Gasteiger partial charge is 0.368 e. The highest BCUT2D eigenvalue weighted by atomic mass is 15.3. The normalized spacial score (nSPS) is 12.0. The predicted octanol–water partition coefficient (Wildman–Crippen LogP) is 1.56. The van der Waals surface area contributed by atoms with E-state index in [2.05, 4.69) is 45.6 Å². The monoisotopic (exact) mass is 234 g/mol. The number of hydrogen-bond donors (Lipinski definition) is 2. The molecule has 6 nitrogen and oxygen atoms in total. The molecule has 0 spiro atoms. The molecule has 2 rings (SSSR count). The topological polar surface area (TPSA) is 83.7 Å². The van der Waals surface area contributed by atoms with Crippen LogP contribution in [0.3, 0.4) is 0 Å². The second kappa shape index (κ2) is 3.87. The summed E-state index contributed by atoms with van der Waals surface area (Å²) in [6.45, 7) is 6.46. The van der Waals surface area contributed by atoms with E-state index in [-0.39, 0.29) is 11.5 Å². The van der Waals surface area contributed by atoms with Crippen LogP contribution in [0.5, 0.6) is 0 Å². The van der Waals surface area contributed by atoms with Crippen molar-refractivity contribution in [1.29, 1.82) is 0 Å². The van der Waals surface area contributed by atoms with Crippen molar-refractivity contribution in [2.24, 2.45) is 0 Å². The van der Waals surface area contributed by atoms with Gasteiger partial charge in [0, 0.05) is 12.6 Å². The van der Waals surface area contributed by atoms with Gasteiger partial charge in [-0.15, -0.1) is 0 Å². The van der Waals surface area contributed by atoms with Crippen LogP contribution in [0.4, 0.5) is 11.8 Å². The summed E-state index contributed by atoms with van der Waals surface area (Å²) in [5, 5.41) is 0. The maximum absolute atomic E-state index is 5.70. The van der Waals surface area contributed by atoms with Gasteiger partial charge >= 0.3 is 0 Å². The molecular formula is C11H18N6. The van der Waals surface area contributed by atoms with E-state index in [1.165, 1.54) is 0 Å². The second-order valence-corrected chi connectivity index (χ2v) is 4.73. The number of nitrogens with one attached hydrogen (secondary N) is 1. The van der Waals surface area contributed by atoms with E-state index in [0.29, 0.717) is 5.65 Å². The first-order valence-electron chi connectivity index (χ1n) is 5.66. The zero-order chi connectivity index (χ0) is 12.6. The smallest absolute Gasteiger partial charge is 0.224 e. The standard InChI is InChI=1S/C11H18N6/c1-5-11(2,3)17(4)9-7-8(14-6-13-7)15-10(12)16-9/h6H,5H2,1-4H3,(H3,12,13,14,15,16). The molecule has 0 radical (unpaired) electrons. The summed E-state index contributed by atoms with van der Waals surface area (Å²) in [6.07, 6.45) is 2.61. The molecule has 2 aromatic heterocycles. The fourth-order valence-electron chi connectivity index (χ4n) is 1.60. The van der Waals surface area contributed by atoms with Crippen LogP contribution in [0.2, 0.25) is 0 Å². The fraction of sp³-hybridized carbons (Fsp3) is 0.545. The maximum Gasteiger partial charge on any atom is 0.224 e. The summed E-state index contributed by atoms with van der Waals surface area (Å²) in [5.41, 5.74) is 7.13. The van der Waals surface area contributed by atoms with Crippen LogP contribution in [0, 0.1) is 0 Å². The SMILES string of the molecule is CCC(C)(C)N(C)c1nc(N)nc2nc[nH]c12. The van der Waals surface area contributed by atoms with Gasteiger partial charge in [-0.3, -0.25) is 0 Å². The average Bonchev–Trinajstić information content (AvgIpc) is 2.74. The number of nitrogens with zero attached hydrogens (tertiary/aromatic N) is 4. The van der Waals surface area contributed by atoms with Gasteiger partial charge in [-0.1, -0.05) is 6.92 Å². The van der Waals surface area contributed by atoms with E-state index in [1.54, 1.807) is 6.33 Å². The number of H-pyrrole nitrogens is 1. The number of nitrogens with two attached hydrogens (primary N) is 1. The van der Waals surface area contributed by atoms with Gasteiger partial charge in [0.1, 0.15) is 5.52 Å². The molecule has 2 heterocycles. The Bertz CT molecular complexity index is 530. The summed E-state index contributed by atoms with van der Waals surface area (Å²) in [7, 11) is 2.01. The molecule has 0 atom stereocenters. The number of imidazole rings is 1. The Morgan fingerprint density at radius 1 is 1.41 bits per heavy atom. The van der Waals surface area contributed by atoms with Gasteiger partial charge in [-0.25, -0.2) is 4.98 Å². The van der Waals surface area contributed by atoms with Crippen LogP contribution < -0.4 is 10.6 Å². The van der Waals surface area contributed by atoms with Crippen LogP contribution in [-0.2, 0) is 0 Å². The van der Waals surface area contributed by atoms with Crippen LogP contribution in [0.25, 0.3) is 11.2 Å². The third-order valence-electron chi connectivity index (χ3n) is 3.37. The summed E-state index contributed by atoms with van der Waals surface area (Å²) in [6, 6.07) is 0. The van der Waals surface area contributed by atoms with Crippen molar-refractivity contribution < 1.29 is 0 Å². The Balaban J connectivity index is 2.58. The summed E-state index contributed by atoms with van der Waals surface area (Å²) in [5.74, 6) is 1.04. The molecule has 92 valence electrons. The minimum atomic E-state index is -0.00116. The van der Waals surface area contributed by atoms with E-state index in [0.717, 1.165) is 17.8 Å². The van der Waals surface area contributed by atoms with E-state index >= 15 is 0 Å². The minimum Gasteiger partial charge on any atom is -0.368 e. The van der Waals surface area contributed by atoms with Gasteiger partial charge in [-0.2, -0.15) is 9.97 Å². The van der Waals surface area contributed by atoms with E-state index in [9.17, 15) is 0 Å². The molecule has 0 saturated heterocycles. The highest BCUT2D eigenvalue weighted by Crippen LogP contribution is 2.28. The molecule has 0 amide bonds. The lowest BCUT2D eigenvalue weighted by atomic mass is 10.00. The molecule has 0 aromatic carbocycles. The molecule has 0 aliphatic rings. The zero-order valence-corrected chi connectivity index (χ0v) is 10.7. The second-order valence-electron chi connectivity index (χ2n) is 4.73. The number of aromatic nitrogens is 4. The maximum atomic E-state index is 5.70. The first-order chi connectivity index (χ1) is 7.95. The highest BCUT2D eigenvalue weighted by Gasteiger charge is 2.25. The lowest BCUT2D eigenvalue weighted by Crippen LogP contribution is -2.41. The van der Waals surface area contributed by atoms with Crippen molar-refractivity contribution in [2.45, 2.75) is 32.7 Å². The van der Waals surface area contributed by atoms with Crippen LogP contribution >= 0.6 is 0 Å². The molecule has 0 unspecified atom stereocenters. The Labute approximate surface area is 100 Å². The Morgan fingerprint density at radius 2 is 2.12 bits per heavy atom.